The normalized spacial score (nSPS) is 32.9. The molecule has 4 nitrogen and oxygen atoms in total. The van der Waals surface area contributed by atoms with E-state index in [2.05, 4.69) is 16.7 Å². The summed E-state index contributed by atoms with van der Waals surface area (Å²) in [6.45, 7) is 3.18. The minimum absolute atomic E-state index is 0.0909. The molecule has 2 rings (SSSR count). The molecule has 0 aromatic carbocycles. The van der Waals surface area contributed by atoms with Crippen molar-refractivity contribution in [3.05, 3.63) is 0 Å². The highest BCUT2D eigenvalue weighted by atomic mass is 16.3. The van der Waals surface area contributed by atoms with Crippen molar-refractivity contribution in [1.82, 2.24) is 9.80 Å². The number of aliphatic hydroxyl groups is 1. The molecule has 0 radical (unpaired) electrons. The molecular weight excluding hydrogens is 204 g/mol. The number of carbonyl (C=O) groups is 1. The van der Waals surface area contributed by atoms with Gasteiger partial charge in [-0.1, -0.05) is 0 Å². The fourth-order valence-electron chi connectivity index (χ4n) is 2.62. The lowest BCUT2D eigenvalue weighted by molar-refractivity contribution is -0.137. The van der Waals surface area contributed by atoms with Gasteiger partial charge in [-0.15, -0.1) is 0 Å². The first-order valence-corrected chi connectivity index (χ1v) is 6.28. The largest absolute Gasteiger partial charge is 0.396 e. The van der Waals surface area contributed by atoms with Gasteiger partial charge in [0.25, 0.3) is 0 Å². The first-order valence-electron chi connectivity index (χ1n) is 6.28. The Morgan fingerprint density at radius 2 is 2.06 bits per heavy atom. The van der Waals surface area contributed by atoms with Crippen LogP contribution in [0.4, 0.5) is 0 Å². The summed E-state index contributed by atoms with van der Waals surface area (Å²) in [4.78, 5) is 16.6. The molecule has 0 aromatic heterocycles. The molecule has 0 bridgehead atoms. The van der Waals surface area contributed by atoms with Gasteiger partial charge in [0.2, 0.25) is 5.91 Å². The number of rotatable bonds is 3. The van der Waals surface area contributed by atoms with E-state index >= 15 is 0 Å². The van der Waals surface area contributed by atoms with Crippen molar-refractivity contribution >= 4 is 5.91 Å². The highest BCUT2D eigenvalue weighted by Gasteiger charge is 2.41. The van der Waals surface area contributed by atoms with Crippen LogP contribution in [0.15, 0.2) is 0 Å². The van der Waals surface area contributed by atoms with Crippen LogP contribution in [-0.4, -0.2) is 59.1 Å². The molecule has 1 heterocycles. The number of amides is 1. The quantitative estimate of drug-likeness (QED) is 0.760. The van der Waals surface area contributed by atoms with E-state index in [1.807, 2.05) is 7.05 Å². The molecule has 1 amide bonds. The van der Waals surface area contributed by atoms with E-state index in [1.165, 1.54) is 0 Å². The van der Waals surface area contributed by atoms with Gasteiger partial charge in [-0.2, -0.15) is 0 Å². The molecule has 1 aliphatic heterocycles. The lowest BCUT2D eigenvalue weighted by Crippen LogP contribution is -2.47. The molecule has 92 valence electrons. The molecule has 1 saturated carbocycles. The molecule has 0 spiro atoms. The van der Waals surface area contributed by atoms with Crippen molar-refractivity contribution in [3.63, 3.8) is 0 Å². The maximum Gasteiger partial charge on any atom is 0.240 e. The van der Waals surface area contributed by atoms with Gasteiger partial charge in [0.1, 0.15) is 0 Å². The molecule has 2 fully saturated rings. The Morgan fingerprint density at radius 1 is 1.38 bits per heavy atom. The van der Waals surface area contributed by atoms with E-state index in [9.17, 15) is 4.79 Å². The molecule has 16 heavy (non-hydrogen) atoms. The lowest BCUT2D eigenvalue weighted by atomic mass is 10.1. The van der Waals surface area contributed by atoms with Crippen molar-refractivity contribution in [1.29, 1.82) is 0 Å². The molecule has 0 aromatic rings. The topological polar surface area (TPSA) is 43.8 Å². The molecule has 2 atom stereocenters. The number of hydrogen-bond donors (Lipinski definition) is 1. The zero-order valence-electron chi connectivity index (χ0n) is 10.2. The summed E-state index contributed by atoms with van der Waals surface area (Å²) in [5.74, 6) is 0.226. The summed E-state index contributed by atoms with van der Waals surface area (Å²) >= 11 is 0. The van der Waals surface area contributed by atoms with E-state index in [0.29, 0.717) is 18.5 Å². The maximum absolute atomic E-state index is 12.4. The zero-order chi connectivity index (χ0) is 11.7. The third-order valence-electron chi connectivity index (χ3n) is 3.79. The highest BCUT2D eigenvalue weighted by Crippen LogP contribution is 2.32. The average Bonchev–Trinajstić information content (AvgIpc) is 3.06. The van der Waals surface area contributed by atoms with Crippen molar-refractivity contribution in [2.45, 2.75) is 50.7 Å². The summed E-state index contributed by atoms with van der Waals surface area (Å²) in [6.07, 6.45) is 3.92. The van der Waals surface area contributed by atoms with Crippen LogP contribution >= 0.6 is 0 Å². The SMILES string of the molecule is CC1CCN(C)C(CCO)C(=O)N1C1CC1. The highest BCUT2D eigenvalue weighted by molar-refractivity contribution is 5.83. The van der Waals surface area contributed by atoms with Crippen LogP contribution in [0.25, 0.3) is 0 Å². The second kappa shape index (κ2) is 4.72. The number of hydrogen-bond acceptors (Lipinski definition) is 3. The summed E-state index contributed by atoms with van der Waals surface area (Å²) in [5, 5.41) is 9.05. The van der Waals surface area contributed by atoms with Crippen LogP contribution in [0.2, 0.25) is 0 Å². The molecular formula is C12H22N2O2. The molecule has 1 aliphatic carbocycles. The summed E-state index contributed by atoms with van der Waals surface area (Å²) < 4.78 is 0. The fraction of sp³-hybridized carbons (Fsp3) is 0.917. The number of carbonyl (C=O) groups excluding carboxylic acids is 1. The third-order valence-corrected chi connectivity index (χ3v) is 3.79. The summed E-state index contributed by atoms with van der Waals surface area (Å²) in [5.41, 5.74) is 0. The first-order chi connectivity index (χ1) is 7.65. The van der Waals surface area contributed by atoms with E-state index in [-0.39, 0.29) is 18.6 Å². The Labute approximate surface area is 97.2 Å². The zero-order valence-corrected chi connectivity index (χ0v) is 10.2. The predicted molar refractivity (Wildman–Crippen MR) is 62.1 cm³/mol. The van der Waals surface area contributed by atoms with Crippen molar-refractivity contribution < 1.29 is 9.90 Å². The summed E-state index contributed by atoms with van der Waals surface area (Å²) in [6, 6.07) is 0.719. The molecule has 2 aliphatic rings. The van der Waals surface area contributed by atoms with Gasteiger partial charge in [-0.3, -0.25) is 9.69 Å². The minimum atomic E-state index is -0.115. The van der Waals surface area contributed by atoms with Crippen molar-refractivity contribution in [3.8, 4) is 0 Å². The monoisotopic (exact) mass is 226 g/mol. The van der Waals surface area contributed by atoms with Gasteiger partial charge >= 0.3 is 0 Å². The van der Waals surface area contributed by atoms with Gasteiger partial charge in [-0.25, -0.2) is 0 Å². The summed E-state index contributed by atoms with van der Waals surface area (Å²) in [7, 11) is 1.99. The Morgan fingerprint density at radius 3 is 2.62 bits per heavy atom. The van der Waals surface area contributed by atoms with Crippen LogP contribution < -0.4 is 0 Å². The van der Waals surface area contributed by atoms with Crippen LogP contribution in [0, 0.1) is 0 Å². The van der Waals surface area contributed by atoms with Gasteiger partial charge in [0.15, 0.2) is 0 Å². The first kappa shape index (κ1) is 11.9. The predicted octanol–water partition coefficient (Wildman–Crippen LogP) is 0.452. The average molecular weight is 226 g/mol. The van der Waals surface area contributed by atoms with Gasteiger partial charge in [-0.05, 0) is 39.7 Å². The Kier molecular flexibility index (Phi) is 3.50. The number of aliphatic hydroxyl groups excluding tert-OH is 1. The molecule has 1 N–H and O–H groups in total. The Balaban J connectivity index is 2.14. The standard InChI is InChI=1S/C12H22N2O2/c1-9-5-7-13(2)11(6-8-15)12(16)14(9)10-3-4-10/h9-11,15H,3-8H2,1-2H3. The van der Waals surface area contributed by atoms with Gasteiger partial charge in [0, 0.05) is 25.2 Å². The number of likely N-dealkylation sites (N-methyl/N-ethyl adjacent to an activating group) is 1. The van der Waals surface area contributed by atoms with E-state index in [0.717, 1.165) is 25.8 Å². The van der Waals surface area contributed by atoms with E-state index in [1.54, 1.807) is 0 Å². The maximum atomic E-state index is 12.4. The number of nitrogens with zero attached hydrogens (tertiary/aromatic N) is 2. The van der Waals surface area contributed by atoms with Gasteiger partial charge < -0.3 is 10.0 Å². The van der Waals surface area contributed by atoms with Crippen LogP contribution in [0.1, 0.15) is 32.6 Å². The molecule has 4 heteroatoms. The van der Waals surface area contributed by atoms with Crippen molar-refractivity contribution in [2.75, 3.05) is 20.2 Å². The van der Waals surface area contributed by atoms with Gasteiger partial charge in [0.05, 0.1) is 6.04 Å². The van der Waals surface area contributed by atoms with Crippen molar-refractivity contribution in [2.24, 2.45) is 0 Å². The third kappa shape index (κ3) is 2.23. The Bertz CT molecular complexity index is 266. The van der Waals surface area contributed by atoms with E-state index in [4.69, 9.17) is 5.11 Å². The smallest absolute Gasteiger partial charge is 0.240 e. The van der Waals surface area contributed by atoms with Crippen LogP contribution in [0.3, 0.4) is 0 Å². The Hall–Kier alpha value is -0.610. The van der Waals surface area contributed by atoms with Crippen LogP contribution in [0.5, 0.6) is 0 Å². The second-order valence-electron chi connectivity index (χ2n) is 5.12. The molecule has 1 saturated heterocycles. The van der Waals surface area contributed by atoms with Crippen LogP contribution in [-0.2, 0) is 4.79 Å². The minimum Gasteiger partial charge on any atom is -0.396 e. The second-order valence-corrected chi connectivity index (χ2v) is 5.12. The van der Waals surface area contributed by atoms with E-state index < -0.39 is 0 Å². The molecule has 2 unspecified atom stereocenters. The lowest BCUT2D eigenvalue weighted by Gasteiger charge is -2.30. The fourth-order valence-corrected chi connectivity index (χ4v) is 2.62.